The van der Waals surface area contributed by atoms with E-state index in [1.807, 2.05) is 6.92 Å². The summed E-state index contributed by atoms with van der Waals surface area (Å²) in [7, 11) is -2.56. The van der Waals surface area contributed by atoms with Crippen molar-refractivity contribution in [3.8, 4) is 5.75 Å². The van der Waals surface area contributed by atoms with Crippen molar-refractivity contribution in [1.82, 2.24) is 10.0 Å². The molecule has 2 atom stereocenters. The molecule has 0 saturated carbocycles. The normalized spacial score (nSPS) is 22.3. The topological polar surface area (TPSA) is 111 Å². The maximum atomic E-state index is 12.5. The quantitative estimate of drug-likeness (QED) is 0.616. The van der Waals surface area contributed by atoms with Gasteiger partial charge in [-0.2, -0.15) is 0 Å². The molecule has 8 nitrogen and oxygen atoms in total. The molecule has 2 N–H and O–H groups in total. The van der Waals surface area contributed by atoms with Gasteiger partial charge in [-0.05, 0) is 32.4 Å². The van der Waals surface area contributed by atoms with Crippen LogP contribution in [0.2, 0.25) is 0 Å². The predicted molar refractivity (Wildman–Crippen MR) is 80.5 cm³/mol. The second-order valence-corrected chi connectivity index (χ2v) is 6.97. The van der Waals surface area contributed by atoms with Crippen molar-refractivity contribution in [3.05, 3.63) is 28.3 Å². The summed E-state index contributed by atoms with van der Waals surface area (Å²) in [6, 6.07) is 3.53. The smallest absolute Gasteiger partial charge is 0.271 e. The minimum atomic E-state index is -3.89. The fraction of sp³-hybridized carbons (Fsp3) is 0.538. The van der Waals surface area contributed by atoms with Crippen molar-refractivity contribution < 1.29 is 18.1 Å². The molecule has 1 saturated heterocycles. The van der Waals surface area contributed by atoms with Gasteiger partial charge in [-0.25, -0.2) is 13.1 Å². The molecule has 0 aromatic heterocycles. The van der Waals surface area contributed by atoms with Gasteiger partial charge in [-0.1, -0.05) is 0 Å². The molecular formula is C13H19N3O5S. The zero-order valence-corrected chi connectivity index (χ0v) is 13.2. The molecule has 1 aliphatic heterocycles. The Morgan fingerprint density at radius 3 is 2.77 bits per heavy atom. The molecule has 9 heteroatoms. The highest BCUT2D eigenvalue weighted by atomic mass is 32.2. The molecule has 1 aromatic carbocycles. The first-order valence-electron chi connectivity index (χ1n) is 6.91. The fourth-order valence-corrected chi connectivity index (χ4v) is 3.98. The number of hydrogen-bond acceptors (Lipinski definition) is 6. The fourth-order valence-electron chi connectivity index (χ4n) is 2.51. The molecule has 22 heavy (non-hydrogen) atoms. The maximum absolute atomic E-state index is 12.5. The van der Waals surface area contributed by atoms with Crippen LogP contribution in [0.3, 0.4) is 0 Å². The van der Waals surface area contributed by atoms with E-state index in [0.717, 1.165) is 12.6 Å². The number of hydrogen-bond donors (Lipinski definition) is 2. The van der Waals surface area contributed by atoms with E-state index in [9.17, 15) is 18.5 Å². The molecule has 2 unspecified atom stereocenters. The largest absolute Gasteiger partial charge is 0.495 e. The standard InChI is InChI=1S/C13H19N3O5S/c1-9-7-10(5-6-14-9)15-22(19,20)13-8-11(16(17)18)3-4-12(13)21-2/h3-4,8-10,14-15H,5-7H2,1-2H3. The van der Waals surface area contributed by atoms with Crippen molar-refractivity contribution in [1.29, 1.82) is 0 Å². The van der Waals surface area contributed by atoms with Crippen LogP contribution in [0.25, 0.3) is 0 Å². The van der Waals surface area contributed by atoms with E-state index in [4.69, 9.17) is 4.74 Å². The second-order valence-electron chi connectivity index (χ2n) is 5.29. The molecule has 0 bridgehead atoms. The Balaban J connectivity index is 2.31. The lowest BCUT2D eigenvalue weighted by molar-refractivity contribution is -0.385. The van der Waals surface area contributed by atoms with Crippen LogP contribution in [0, 0.1) is 10.1 Å². The SMILES string of the molecule is COc1ccc([N+](=O)[O-])cc1S(=O)(=O)NC1CCNC(C)C1. The Morgan fingerprint density at radius 1 is 1.45 bits per heavy atom. The number of rotatable bonds is 5. The molecule has 1 aliphatic rings. The lowest BCUT2D eigenvalue weighted by atomic mass is 10.0. The zero-order valence-electron chi connectivity index (χ0n) is 12.4. The second kappa shape index (κ2) is 6.59. The number of benzene rings is 1. The van der Waals surface area contributed by atoms with Crippen molar-refractivity contribution in [2.24, 2.45) is 0 Å². The monoisotopic (exact) mass is 329 g/mol. The minimum Gasteiger partial charge on any atom is -0.495 e. The Morgan fingerprint density at radius 2 is 2.18 bits per heavy atom. The number of nitro benzene ring substituents is 1. The average Bonchev–Trinajstić information content (AvgIpc) is 2.46. The number of methoxy groups -OCH3 is 1. The summed E-state index contributed by atoms with van der Waals surface area (Å²) in [5, 5.41) is 14.1. The molecule has 1 fully saturated rings. The summed E-state index contributed by atoms with van der Waals surface area (Å²) in [5.41, 5.74) is -0.292. The molecule has 122 valence electrons. The summed E-state index contributed by atoms with van der Waals surface area (Å²) >= 11 is 0. The summed E-state index contributed by atoms with van der Waals surface area (Å²) in [5.74, 6) is 0.0834. The number of non-ortho nitro benzene ring substituents is 1. The van der Waals surface area contributed by atoms with E-state index < -0.39 is 14.9 Å². The summed E-state index contributed by atoms with van der Waals surface area (Å²) in [6.45, 7) is 2.70. The highest BCUT2D eigenvalue weighted by molar-refractivity contribution is 7.89. The van der Waals surface area contributed by atoms with Gasteiger partial charge in [0.15, 0.2) is 0 Å². The Labute approximate surface area is 129 Å². The zero-order chi connectivity index (χ0) is 16.3. The number of nitrogens with one attached hydrogen (secondary N) is 2. The maximum Gasteiger partial charge on any atom is 0.271 e. The summed E-state index contributed by atoms with van der Waals surface area (Å²) < 4.78 is 32.7. The van der Waals surface area contributed by atoms with E-state index in [2.05, 4.69) is 10.0 Å². The van der Waals surface area contributed by atoms with Crippen molar-refractivity contribution in [2.45, 2.75) is 36.7 Å². The molecule has 0 aliphatic carbocycles. The van der Waals surface area contributed by atoms with Gasteiger partial charge in [0.1, 0.15) is 10.6 Å². The first-order chi connectivity index (χ1) is 10.3. The van der Waals surface area contributed by atoms with Crippen LogP contribution >= 0.6 is 0 Å². The van der Waals surface area contributed by atoms with Gasteiger partial charge in [0.25, 0.3) is 5.69 Å². The van der Waals surface area contributed by atoms with Gasteiger partial charge in [0.2, 0.25) is 10.0 Å². The third-order valence-electron chi connectivity index (χ3n) is 3.59. The van der Waals surface area contributed by atoms with Gasteiger partial charge < -0.3 is 10.1 Å². The van der Waals surface area contributed by atoms with Crippen LogP contribution in [0.5, 0.6) is 5.75 Å². The molecule has 1 aromatic rings. The lowest BCUT2D eigenvalue weighted by Crippen LogP contribution is -2.46. The van der Waals surface area contributed by atoms with E-state index >= 15 is 0 Å². The highest BCUT2D eigenvalue weighted by Gasteiger charge is 2.28. The third kappa shape index (κ3) is 3.73. The van der Waals surface area contributed by atoms with E-state index in [-0.39, 0.29) is 28.4 Å². The minimum absolute atomic E-state index is 0.0834. The Hall–Kier alpha value is -1.71. The molecule has 0 spiro atoms. The number of nitro groups is 1. The van der Waals surface area contributed by atoms with Crippen LogP contribution in [-0.4, -0.2) is 39.1 Å². The molecule has 2 rings (SSSR count). The molecule has 1 heterocycles. The van der Waals surface area contributed by atoms with Gasteiger partial charge in [-0.15, -0.1) is 0 Å². The number of ether oxygens (including phenoxy) is 1. The van der Waals surface area contributed by atoms with Gasteiger partial charge in [0, 0.05) is 24.2 Å². The first-order valence-corrected chi connectivity index (χ1v) is 8.40. The number of nitrogens with zero attached hydrogens (tertiary/aromatic N) is 1. The third-order valence-corrected chi connectivity index (χ3v) is 5.13. The van der Waals surface area contributed by atoms with Crippen LogP contribution < -0.4 is 14.8 Å². The number of piperidine rings is 1. The average molecular weight is 329 g/mol. The van der Waals surface area contributed by atoms with Crippen LogP contribution in [0.1, 0.15) is 19.8 Å². The lowest BCUT2D eigenvalue weighted by Gasteiger charge is -2.28. The summed E-state index contributed by atoms with van der Waals surface area (Å²) in [4.78, 5) is 10.0. The Kier molecular flexibility index (Phi) is 4.99. The van der Waals surface area contributed by atoms with E-state index in [1.54, 1.807) is 0 Å². The van der Waals surface area contributed by atoms with E-state index in [0.29, 0.717) is 12.8 Å². The Bertz CT molecular complexity index is 662. The van der Waals surface area contributed by atoms with Crippen LogP contribution in [-0.2, 0) is 10.0 Å². The first kappa shape index (κ1) is 16.7. The van der Waals surface area contributed by atoms with Crippen LogP contribution in [0.15, 0.2) is 23.1 Å². The molecule has 0 amide bonds. The van der Waals surface area contributed by atoms with Gasteiger partial charge >= 0.3 is 0 Å². The van der Waals surface area contributed by atoms with Gasteiger partial charge in [0.05, 0.1) is 12.0 Å². The highest BCUT2D eigenvalue weighted by Crippen LogP contribution is 2.28. The van der Waals surface area contributed by atoms with Crippen LogP contribution in [0.4, 0.5) is 5.69 Å². The predicted octanol–water partition coefficient (Wildman–Crippen LogP) is 1.02. The molecular weight excluding hydrogens is 310 g/mol. The van der Waals surface area contributed by atoms with Crippen molar-refractivity contribution in [2.75, 3.05) is 13.7 Å². The number of sulfonamides is 1. The van der Waals surface area contributed by atoms with E-state index in [1.165, 1.54) is 19.2 Å². The van der Waals surface area contributed by atoms with Crippen molar-refractivity contribution in [3.63, 3.8) is 0 Å². The van der Waals surface area contributed by atoms with Crippen molar-refractivity contribution >= 4 is 15.7 Å². The van der Waals surface area contributed by atoms with Gasteiger partial charge in [-0.3, -0.25) is 10.1 Å². The summed E-state index contributed by atoms with van der Waals surface area (Å²) in [6.07, 6.45) is 1.33. The molecule has 0 radical (unpaired) electrons.